The maximum atomic E-state index is 13.1. The second-order valence-electron chi connectivity index (χ2n) is 6.93. The monoisotopic (exact) mass is 362 g/mol. The van der Waals surface area contributed by atoms with Crippen LogP contribution < -0.4 is 10.6 Å². The molecule has 2 aromatic rings. The van der Waals surface area contributed by atoms with Crippen molar-refractivity contribution in [2.24, 2.45) is 11.1 Å². The third-order valence-corrected chi connectivity index (χ3v) is 5.52. The zero-order valence-corrected chi connectivity index (χ0v) is 15.4. The average Bonchev–Trinajstić information content (AvgIpc) is 3.17. The Morgan fingerprint density at radius 2 is 2.16 bits per heavy atom. The smallest absolute Gasteiger partial charge is 0.230 e. The van der Waals surface area contributed by atoms with Gasteiger partial charge in [0.05, 0.1) is 11.4 Å². The van der Waals surface area contributed by atoms with Gasteiger partial charge in [-0.3, -0.25) is 14.6 Å². The zero-order chi connectivity index (χ0) is 18.0. The van der Waals surface area contributed by atoms with Crippen molar-refractivity contribution in [3.63, 3.8) is 0 Å². The summed E-state index contributed by atoms with van der Waals surface area (Å²) in [5, 5.41) is 2.59. The van der Waals surface area contributed by atoms with Crippen molar-refractivity contribution in [2.75, 3.05) is 24.5 Å². The van der Waals surface area contributed by atoms with Crippen LogP contribution in [0, 0.1) is 11.2 Å². The van der Waals surface area contributed by atoms with Crippen molar-refractivity contribution < 1.29 is 9.18 Å². The Morgan fingerprint density at radius 1 is 1.44 bits per heavy atom. The number of nitrogens with zero attached hydrogens (tertiary/aromatic N) is 3. The molecule has 1 aliphatic heterocycles. The van der Waals surface area contributed by atoms with Crippen LogP contribution >= 0.6 is 11.3 Å². The summed E-state index contributed by atoms with van der Waals surface area (Å²) in [6.45, 7) is 7.11. The van der Waals surface area contributed by atoms with Gasteiger partial charge in [0.25, 0.3) is 0 Å². The lowest BCUT2D eigenvalue weighted by Crippen LogP contribution is -2.31. The van der Waals surface area contributed by atoms with Gasteiger partial charge < -0.3 is 5.73 Å². The minimum atomic E-state index is -0.330. The maximum absolute atomic E-state index is 13.1. The molecule has 0 saturated carbocycles. The van der Waals surface area contributed by atoms with E-state index in [0.717, 1.165) is 31.7 Å². The standard InChI is InChI=1S/C18H23FN4OS/c1-13(24)23(16-5-3-14(19)4-6-16)17-21-15(10-25-17)9-22-8-7-18(2,11-20)12-22/h3-6,10H,7-9,11-12,20H2,1-2H3. The molecule has 7 heteroatoms. The summed E-state index contributed by atoms with van der Waals surface area (Å²) in [6.07, 6.45) is 1.09. The number of thiazole rings is 1. The summed E-state index contributed by atoms with van der Waals surface area (Å²) in [7, 11) is 0. The third kappa shape index (κ3) is 4.05. The molecule has 1 aliphatic rings. The molecule has 1 saturated heterocycles. The number of nitrogens with two attached hydrogens (primary N) is 1. The number of carbonyl (C=O) groups is 1. The molecular weight excluding hydrogens is 339 g/mol. The van der Waals surface area contributed by atoms with Gasteiger partial charge in [0.15, 0.2) is 5.13 Å². The van der Waals surface area contributed by atoms with E-state index < -0.39 is 0 Å². The molecule has 5 nitrogen and oxygen atoms in total. The molecule has 3 rings (SSSR count). The van der Waals surface area contributed by atoms with Gasteiger partial charge >= 0.3 is 0 Å². The summed E-state index contributed by atoms with van der Waals surface area (Å²) in [5.41, 5.74) is 7.60. The Kier molecular flexibility index (Phi) is 5.17. The molecule has 1 fully saturated rings. The second-order valence-corrected chi connectivity index (χ2v) is 7.76. The van der Waals surface area contributed by atoms with Crippen molar-refractivity contribution in [2.45, 2.75) is 26.8 Å². The van der Waals surface area contributed by atoms with Crippen LogP contribution in [0.1, 0.15) is 26.0 Å². The van der Waals surface area contributed by atoms with Crippen molar-refractivity contribution in [1.29, 1.82) is 0 Å². The summed E-state index contributed by atoms with van der Waals surface area (Å²) < 4.78 is 13.1. The molecule has 1 amide bonds. The number of rotatable bonds is 5. The fraction of sp³-hybridized carbons (Fsp3) is 0.444. The molecule has 134 valence electrons. The fourth-order valence-corrected chi connectivity index (χ4v) is 4.02. The number of amides is 1. The van der Waals surface area contributed by atoms with E-state index in [9.17, 15) is 9.18 Å². The Morgan fingerprint density at radius 3 is 2.76 bits per heavy atom. The van der Waals surface area contributed by atoms with Gasteiger partial charge in [-0.05, 0) is 49.2 Å². The van der Waals surface area contributed by atoms with Gasteiger partial charge in [0.2, 0.25) is 5.91 Å². The number of anilines is 2. The van der Waals surface area contributed by atoms with Gasteiger partial charge in [-0.25, -0.2) is 9.37 Å². The predicted octanol–water partition coefficient (Wildman–Crippen LogP) is 3.14. The topological polar surface area (TPSA) is 62.5 Å². The molecule has 1 unspecified atom stereocenters. The fourth-order valence-electron chi connectivity index (χ4n) is 3.15. The molecule has 0 aliphatic carbocycles. The Labute approximate surface area is 151 Å². The SMILES string of the molecule is CC(=O)N(c1ccc(F)cc1)c1nc(CN2CCC(C)(CN)C2)cs1. The Bertz CT molecular complexity index is 748. The van der Waals surface area contributed by atoms with Crippen LogP contribution in [-0.4, -0.2) is 35.4 Å². The molecule has 1 atom stereocenters. The first-order valence-corrected chi connectivity index (χ1v) is 9.21. The number of aromatic nitrogens is 1. The van der Waals surface area contributed by atoms with E-state index >= 15 is 0 Å². The number of likely N-dealkylation sites (tertiary alicyclic amines) is 1. The predicted molar refractivity (Wildman–Crippen MR) is 98.4 cm³/mol. The van der Waals surface area contributed by atoms with E-state index in [1.54, 1.807) is 12.1 Å². The average molecular weight is 362 g/mol. The minimum absolute atomic E-state index is 0.149. The van der Waals surface area contributed by atoms with E-state index in [-0.39, 0.29) is 17.1 Å². The zero-order valence-electron chi connectivity index (χ0n) is 14.5. The number of hydrogen-bond donors (Lipinski definition) is 1. The number of halogens is 1. The van der Waals surface area contributed by atoms with Crippen LogP contribution in [-0.2, 0) is 11.3 Å². The molecule has 0 radical (unpaired) electrons. The van der Waals surface area contributed by atoms with Gasteiger partial charge in [-0.2, -0.15) is 0 Å². The normalized spacial score (nSPS) is 20.8. The number of benzene rings is 1. The van der Waals surface area contributed by atoms with Gasteiger partial charge in [-0.1, -0.05) is 6.92 Å². The summed E-state index contributed by atoms with van der Waals surface area (Å²) in [4.78, 5) is 20.6. The first-order chi connectivity index (χ1) is 11.9. The Balaban J connectivity index is 1.75. The third-order valence-electron chi connectivity index (χ3n) is 4.65. The van der Waals surface area contributed by atoms with Crippen molar-refractivity contribution >= 4 is 28.1 Å². The molecule has 2 N–H and O–H groups in total. The molecule has 1 aromatic heterocycles. The first-order valence-electron chi connectivity index (χ1n) is 8.33. The summed E-state index contributed by atoms with van der Waals surface area (Å²) in [5.74, 6) is -0.478. The lowest BCUT2D eigenvalue weighted by atomic mass is 9.90. The number of hydrogen-bond acceptors (Lipinski definition) is 5. The maximum Gasteiger partial charge on any atom is 0.230 e. The molecule has 0 bridgehead atoms. The van der Waals surface area contributed by atoms with Crippen LogP contribution in [0.15, 0.2) is 29.6 Å². The highest BCUT2D eigenvalue weighted by molar-refractivity contribution is 7.14. The Hall–Kier alpha value is -1.83. The lowest BCUT2D eigenvalue weighted by Gasteiger charge is -2.22. The first kappa shape index (κ1) is 18.0. The highest BCUT2D eigenvalue weighted by atomic mass is 32.1. The highest BCUT2D eigenvalue weighted by Gasteiger charge is 2.32. The van der Waals surface area contributed by atoms with E-state index in [1.165, 1.54) is 35.3 Å². The van der Waals surface area contributed by atoms with Crippen LogP contribution in [0.5, 0.6) is 0 Å². The summed E-state index contributed by atoms with van der Waals surface area (Å²) >= 11 is 1.42. The van der Waals surface area contributed by atoms with Crippen LogP contribution in [0.25, 0.3) is 0 Å². The van der Waals surface area contributed by atoms with Crippen LogP contribution in [0.3, 0.4) is 0 Å². The highest BCUT2D eigenvalue weighted by Crippen LogP contribution is 2.32. The quantitative estimate of drug-likeness (QED) is 0.888. The van der Waals surface area contributed by atoms with Gasteiger partial charge in [-0.15, -0.1) is 11.3 Å². The van der Waals surface area contributed by atoms with E-state index in [0.29, 0.717) is 17.4 Å². The molecular formula is C18H23FN4OS. The van der Waals surface area contributed by atoms with Crippen LogP contribution in [0.4, 0.5) is 15.2 Å². The van der Waals surface area contributed by atoms with E-state index in [4.69, 9.17) is 5.73 Å². The van der Waals surface area contributed by atoms with Crippen molar-refractivity contribution in [1.82, 2.24) is 9.88 Å². The summed E-state index contributed by atoms with van der Waals surface area (Å²) in [6, 6.07) is 5.87. The minimum Gasteiger partial charge on any atom is -0.330 e. The molecule has 25 heavy (non-hydrogen) atoms. The van der Waals surface area contributed by atoms with Crippen molar-refractivity contribution in [3.8, 4) is 0 Å². The van der Waals surface area contributed by atoms with Gasteiger partial charge in [0.1, 0.15) is 5.82 Å². The largest absolute Gasteiger partial charge is 0.330 e. The van der Waals surface area contributed by atoms with Crippen molar-refractivity contribution in [3.05, 3.63) is 41.2 Å². The van der Waals surface area contributed by atoms with Gasteiger partial charge in [0, 0.05) is 25.4 Å². The number of carbonyl (C=O) groups excluding carboxylic acids is 1. The van der Waals surface area contributed by atoms with E-state index in [2.05, 4.69) is 16.8 Å². The second kappa shape index (κ2) is 7.19. The molecule has 0 spiro atoms. The van der Waals surface area contributed by atoms with E-state index in [1.807, 2.05) is 5.38 Å². The molecule has 1 aromatic carbocycles. The van der Waals surface area contributed by atoms with Crippen LogP contribution in [0.2, 0.25) is 0 Å². The molecule has 2 heterocycles. The lowest BCUT2D eigenvalue weighted by molar-refractivity contribution is -0.115.